The van der Waals surface area contributed by atoms with Gasteiger partial charge in [0.2, 0.25) is 11.8 Å². The number of hydrogen-bond acceptors (Lipinski definition) is 6. The van der Waals surface area contributed by atoms with Crippen molar-refractivity contribution in [3.8, 4) is 6.07 Å². The van der Waals surface area contributed by atoms with Gasteiger partial charge < -0.3 is 0 Å². The zero-order chi connectivity index (χ0) is 27.4. The number of rotatable bonds is 4. The zero-order valence-corrected chi connectivity index (χ0v) is 21.1. The van der Waals surface area contributed by atoms with Crippen molar-refractivity contribution in [3.63, 3.8) is 0 Å². The lowest BCUT2D eigenvalue weighted by molar-refractivity contribution is -0.122. The summed E-state index contributed by atoms with van der Waals surface area (Å²) in [7, 11) is 0. The van der Waals surface area contributed by atoms with Crippen LogP contribution in [0.2, 0.25) is 0 Å². The van der Waals surface area contributed by atoms with Gasteiger partial charge in [0, 0.05) is 30.1 Å². The molecular formula is C32H21N5O3. The van der Waals surface area contributed by atoms with Crippen LogP contribution in [0, 0.1) is 23.2 Å². The Kier molecular flexibility index (Phi) is 5.22. The molecular weight excluding hydrogens is 502 g/mol. The Bertz CT molecular complexity index is 1740. The lowest BCUT2D eigenvalue weighted by Crippen LogP contribution is -2.54. The highest BCUT2D eigenvalue weighted by molar-refractivity contribution is 6.25. The van der Waals surface area contributed by atoms with Gasteiger partial charge in [-0.25, -0.2) is 10.3 Å². The molecule has 0 spiro atoms. The normalized spacial score (nSPS) is 23.9. The average molecular weight is 524 g/mol. The number of para-hydroxylation sites is 1. The molecule has 8 rings (SSSR count). The van der Waals surface area contributed by atoms with Crippen LogP contribution in [0.25, 0.3) is 0 Å². The number of imide groups is 1. The Morgan fingerprint density at radius 2 is 1.52 bits per heavy atom. The molecule has 2 bridgehead atoms. The van der Waals surface area contributed by atoms with Gasteiger partial charge in [0.25, 0.3) is 5.91 Å². The molecule has 0 saturated carbocycles. The minimum Gasteiger partial charge on any atom is -0.274 e. The van der Waals surface area contributed by atoms with E-state index in [1.54, 1.807) is 42.6 Å². The van der Waals surface area contributed by atoms with Crippen LogP contribution >= 0.6 is 0 Å². The monoisotopic (exact) mass is 523 g/mol. The quantitative estimate of drug-likeness (QED) is 0.247. The standard InChI is InChI=1S/C32H21N5O3/c33-17-20-7-1-6-12-25(20)37-30(39)27-26-21-8-2-4-10-23(21)32(28(27)31(37)40,24-11-5-3-9-22(24)26)18-35-36-29(38)19-13-15-34-16-14-19/h1-16,18,26-28H,(H,36,38)/b35-18-/t26?,27-,28+,32?/m0/s1. The van der Waals surface area contributed by atoms with Gasteiger partial charge in [0.15, 0.2) is 0 Å². The van der Waals surface area contributed by atoms with E-state index in [4.69, 9.17) is 0 Å². The summed E-state index contributed by atoms with van der Waals surface area (Å²) in [5, 5.41) is 14.2. The maximum atomic E-state index is 14.4. The Morgan fingerprint density at radius 3 is 2.20 bits per heavy atom. The van der Waals surface area contributed by atoms with Crippen molar-refractivity contribution in [3.05, 3.63) is 131 Å². The molecule has 1 saturated heterocycles. The van der Waals surface area contributed by atoms with Gasteiger partial charge in [-0.2, -0.15) is 10.4 Å². The third kappa shape index (κ3) is 3.09. The summed E-state index contributed by atoms with van der Waals surface area (Å²) in [6, 6.07) is 27.5. The molecule has 4 aromatic rings. The molecule has 40 heavy (non-hydrogen) atoms. The highest BCUT2D eigenvalue weighted by atomic mass is 16.2. The molecule has 3 amide bonds. The average Bonchev–Trinajstić information content (AvgIpc) is 3.28. The minimum atomic E-state index is -1.12. The number of benzene rings is 3. The Hall–Kier alpha value is -5.42. The highest BCUT2D eigenvalue weighted by Gasteiger charge is 2.68. The third-order valence-corrected chi connectivity index (χ3v) is 8.33. The van der Waals surface area contributed by atoms with Gasteiger partial charge in [-0.15, -0.1) is 0 Å². The van der Waals surface area contributed by atoms with Gasteiger partial charge in [-0.3, -0.25) is 19.4 Å². The smallest absolute Gasteiger partial charge is 0.271 e. The number of nitriles is 1. The van der Waals surface area contributed by atoms with Crippen LogP contribution in [0.15, 0.2) is 102 Å². The second kappa shape index (κ2) is 8.82. The number of hydrogen-bond donors (Lipinski definition) is 1. The van der Waals surface area contributed by atoms with E-state index in [9.17, 15) is 19.6 Å². The van der Waals surface area contributed by atoms with Crippen LogP contribution in [0.3, 0.4) is 0 Å². The number of nitrogens with one attached hydrogen (secondary N) is 1. The van der Waals surface area contributed by atoms with Crippen molar-refractivity contribution >= 4 is 29.6 Å². The van der Waals surface area contributed by atoms with Crippen LogP contribution in [-0.2, 0) is 15.0 Å². The highest BCUT2D eigenvalue weighted by Crippen LogP contribution is 2.63. The molecule has 1 N–H and O–H groups in total. The SMILES string of the molecule is N#Cc1ccccc1N1C(=O)[C@H]2C3c4ccccc4C(/C=N\NC(=O)c4ccncc4)(c4ccccc43)[C@H]2C1=O. The zero-order valence-electron chi connectivity index (χ0n) is 21.1. The molecule has 8 nitrogen and oxygen atoms in total. The van der Waals surface area contributed by atoms with E-state index in [-0.39, 0.29) is 23.1 Å². The number of nitrogens with zero attached hydrogens (tertiary/aromatic N) is 4. The molecule has 8 heteroatoms. The van der Waals surface area contributed by atoms with E-state index < -0.39 is 29.1 Å². The molecule has 1 aliphatic heterocycles. The maximum absolute atomic E-state index is 14.4. The van der Waals surface area contributed by atoms with E-state index in [0.29, 0.717) is 5.56 Å². The van der Waals surface area contributed by atoms with Crippen LogP contribution in [0.5, 0.6) is 0 Å². The predicted molar refractivity (Wildman–Crippen MR) is 146 cm³/mol. The van der Waals surface area contributed by atoms with Gasteiger partial charge >= 0.3 is 0 Å². The summed E-state index contributed by atoms with van der Waals surface area (Å²) in [6.07, 6.45) is 4.66. The lowest BCUT2D eigenvalue weighted by atomic mass is 9.47. The maximum Gasteiger partial charge on any atom is 0.271 e. The van der Waals surface area contributed by atoms with E-state index >= 15 is 0 Å². The Morgan fingerprint density at radius 1 is 0.900 bits per heavy atom. The van der Waals surface area contributed by atoms with E-state index in [1.807, 2.05) is 48.5 Å². The van der Waals surface area contributed by atoms with Gasteiger partial charge in [-0.1, -0.05) is 60.7 Å². The van der Waals surface area contributed by atoms with E-state index in [2.05, 4.69) is 21.6 Å². The molecule has 3 aliphatic carbocycles. The topological polar surface area (TPSA) is 116 Å². The van der Waals surface area contributed by atoms with Crippen LogP contribution in [-0.4, -0.2) is 28.9 Å². The van der Waals surface area contributed by atoms with E-state index in [0.717, 1.165) is 22.3 Å². The third-order valence-electron chi connectivity index (χ3n) is 8.33. The molecule has 192 valence electrons. The fourth-order valence-corrected chi connectivity index (χ4v) is 6.81. The van der Waals surface area contributed by atoms with Crippen LogP contribution in [0.1, 0.15) is 44.1 Å². The second-order valence-corrected chi connectivity index (χ2v) is 10.1. The fraction of sp³-hybridized carbons (Fsp3) is 0.125. The molecule has 0 unspecified atom stereocenters. The number of hydrazone groups is 1. The van der Waals surface area contributed by atoms with Crippen molar-refractivity contribution in [1.82, 2.24) is 10.4 Å². The first kappa shape index (κ1) is 23.7. The van der Waals surface area contributed by atoms with Crippen molar-refractivity contribution in [2.45, 2.75) is 11.3 Å². The number of amides is 3. The first-order chi connectivity index (χ1) is 19.6. The molecule has 1 aromatic heterocycles. The molecule has 3 aromatic carbocycles. The molecule has 0 radical (unpaired) electrons. The minimum absolute atomic E-state index is 0.248. The summed E-state index contributed by atoms with van der Waals surface area (Å²) < 4.78 is 0. The summed E-state index contributed by atoms with van der Waals surface area (Å²) in [5.41, 5.74) is 6.04. The Labute approximate surface area is 229 Å². The second-order valence-electron chi connectivity index (χ2n) is 10.1. The summed E-state index contributed by atoms with van der Waals surface area (Å²) in [6.45, 7) is 0. The van der Waals surface area contributed by atoms with Crippen LogP contribution < -0.4 is 10.3 Å². The number of carbonyl (C=O) groups excluding carboxylic acids is 3. The van der Waals surface area contributed by atoms with Crippen molar-refractivity contribution in [1.29, 1.82) is 5.26 Å². The number of pyridine rings is 1. The molecule has 4 aliphatic rings. The number of aromatic nitrogens is 1. The van der Waals surface area contributed by atoms with Crippen molar-refractivity contribution < 1.29 is 14.4 Å². The van der Waals surface area contributed by atoms with Gasteiger partial charge in [0.05, 0.1) is 28.5 Å². The summed E-state index contributed by atoms with van der Waals surface area (Å²) in [4.78, 5) is 46.5. The predicted octanol–water partition coefficient (Wildman–Crippen LogP) is 3.92. The largest absolute Gasteiger partial charge is 0.274 e. The van der Waals surface area contributed by atoms with Crippen molar-refractivity contribution in [2.75, 3.05) is 4.90 Å². The number of anilines is 1. The Balaban J connectivity index is 1.43. The molecule has 2 heterocycles. The van der Waals surface area contributed by atoms with Gasteiger partial charge in [-0.05, 0) is 46.5 Å². The summed E-state index contributed by atoms with van der Waals surface area (Å²) >= 11 is 0. The van der Waals surface area contributed by atoms with Gasteiger partial charge in [0.1, 0.15) is 6.07 Å². The van der Waals surface area contributed by atoms with Crippen molar-refractivity contribution in [2.24, 2.45) is 16.9 Å². The van der Waals surface area contributed by atoms with Crippen LogP contribution in [0.4, 0.5) is 5.69 Å². The fourth-order valence-electron chi connectivity index (χ4n) is 6.81. The molecule has 1 fully saturated rings. The lowest BCUT2D eigenvalue weighted by Gasteiger charge is -2.52. The molecule has 2 atom stereocenters. The summed E-state index contributed by atoms with van der Waals surface area (Å²) in [5.74, 6) is -3.01. The first-order valence-corrected chi connectivity index (χ1v) is 12.9. The number of carbonyl (C=O) groups is 3. The van der Waals surface area contributed by atoms with E-state index in [1.165, 1.54) is 17.3 Å². The first-order valence-electron chi connectivity index (χ1n) is 12.9.